The Morgan fingerprint density at radius 3 is 2.32 bits per heavy atom. The number of thioether (sulfide) groups is 1. The van der Waals surface area contributed by atoms with Crippen LogP contribution in [0, 0.1) is 10.1 Å². The fraction of sp³-hybridized carbons (Fsp3) is 0.143. The second-order valence-electron chi connectivity index (χ2n) is 6.12. The lowest BCUT2D eigenvalue weighted by molar-refractivity contribution is -0.384. The number of benzene rings is 2. The van der Waals surface area contributed by atoms with Crippen molar-refractivity contribution in [1.82, 2.24) is 10.3 Å². The molecule has 1 aromatic heterocycles. The monoisotopic (exact) mass is 393 g/mol. The van der Waals surface area contributed by atoms with Crippen LogP contribution in [0.15, 0.2) is 83.9 Å². The first kappa shape index (κ1) is 19.6. The minimum absolute atomic E-state index is 0.0285. The number of non-ortho nitro benzene ring substituents is 1. The maximum atomic E-state index is 12.8. The van der Waals surface area contributed by atoms with Crippen LogP contribution >= 0.6 is 11.8 Å². The minimum atomic E-state index is -0.443. The molecular weight excluding hydrogens is 374 g/mol. The molecule has 1 heterocycles. The predicted molar refractivity (Wildman–Crippen MR) is 109 cm³/mol. The van der Waals surface area contributed by atoms with Gasteiger partial charge < -0.3 is 5.32 Å². The molecule has 142 valence electrons. The number of nitro benzene ring substituents is 1. The largest absolute Gasteiger partial charge is 0.343 e. The van der Waals surface area contributed by atoms with Crippen molar-refractivity contribution in [1.29, 1.82) is 0 Å². The van der Waals surface area contributed by atoms with Gasteiger partial charge in [-0.15, -0.1) is 11.8 Å². The first-order valence-corrected chi connectivity index (χ1v) is 9.60. The van der Waals surface area contributed by atoms with Crippen LogP contribution in [-0.2, 0) is 4.79 Å². The molecule has 3 rings (SSSR count). The number of rotatable bonds is 7. The molecule has 0 spiro atoms. The van der Waals surface area contributed by atoms with E-state index in [2.05, 4.69) is 10.3 Å². The van der Waals surface area contributed by atoms with Gasteiger partial charge in [0.2, 0.25) is 5.91 Å². The Hall–Kier alpha value is -3.19. The molecule has 7 heteroatoms. The van der Waals surface area contributed by atoms with Crippen LogP contribution in [0.25, 0.3) is 0 Å². The molecule has 6 nitrogen and oxygen atoms in total. The highest BCUT2D eigenvalue weighted by atomic mass is 32.2. The molecule has 2 atom stereocenters. The quantitative estimate of drug-likeness (QED) is 0.366. The van der Waals surface area contributed by atoms with Crippen LogP contribution in [0.2, 0.25) is 0 Å². The number of hydrogen-bond acceptors (Lipinski definition) is 5. The second kappa shape index (κ2) is 9.14. The van der Waals surface area contributed by atoms with Crippen molar-refractivity contribution >= 4 is 23.4 Å². The van der Waals surface area contributed by atoms with Gasteiger partial charge in [0.05, 0.1) is 21.9 Å². The van der Waals surface area contributed by atoms with Crippen molar-refractivity contribution in [2.75, 3.05) is 0 Å². The summed E-state index contributed by atoms with van der Waals surface area (Å²) < 4.78 is 0. The van der Waals surface area contributed by atoms with Crippen molar-refractivity contribution in [3.8, 4) is 0 Å². The van der Waals surface area contributed by atoms with Crippen LogP contribution in [0.4, 0.5) is 5.69 Å². The molecule has 0 bridgehead atoms. The van der Waals surface area contributed by atoms with Crippen LogP contribution < -0.4 is 5.32 Å². The molecule has 3 aromatic rings. The van der Waals surface area contributed by atoms with Gasteiger partial charge in [-0.3, -0.25) is 19.9 Å². The van der Waals surface area contributed by atoms with Gasteiger partial charge in [-0.1, -0.05) is 36.4 Å². The summed E-state index contributed by atoms with van der Waals surface area (Å²) in [6.45, 7) is 1.81. The topological polar surface area (TPSA) is 85.1 Å². The third-order valence-electron chi connectivity index (χ3n) is 4.13. The molecule has 2 aromatic carbocycles. The summed E-state index contributed by atoms with van der Waals surface area (Å²) in [4.78, 5) is 28.3. The summed E-state index contributed by atoms with van der Waals surface area (Å²) in [5, 5.41) is 13.5. The Morgan fingerprint density at radius 1 is 1.04 bits per heavy atom. The lowest BCUT2D eigenvalue weighted by Gasteiger charge is -2.21. The molecule has 2 unspecified atom stereocenters. The van der Waals surface area contributed by atoms with Crippen LogP contribution in [0.5, 0.6) is 0 Å². The van der Waals surface area contributed by atoms with E-state index in [9.17, 15) is 14.9 Å². The first-order valence-electron chi connectivity index (χ1n) is 8.72. The third-order valence-corrected chi connectivity index (χ3v) is 5.24. The number of hydrogen-bond donors (Lipinski definition) is 1. The van der Waals surface area contributed by atoms with E-state index in [1.807, 2.05) is 55.5 Å². The van der Waals surface area contributed by atoms with Crippen LogP contribution in [0.1, 0.15) is 24.2 Å². The molecule has 0 radical (unpaired) electrons. The highest BCUT2D eigenvalue weighted by Crippen LogP contribution is 2.27. The Balaban J connectivity index is 1.73. The van der Waals surface area contributed by atoms with Gasteiger partial charge in [-0.2, -0.15) is 0 Å². The number of pyridine rings is 1. The van der Waals surface area contributed by atoms with Gasteiger partial charge in [-0.25, -0.2) is 0 Å². The molecule has 0 saturated heterocycles. The van der Waals surface area contributed by atoms with E-state index < -0.39 is 4.92 Å². The average molecular weight is 393 g/mol. The summed E-state index contributed by atoms with van der Waals surface area (Å²) in [7, 11) is 0. The Labute approximate surface area is 167 Å². The Kier molecular flexibility index (Phi) is 6.39. The summed E-state index contributed by atoms with van der Waals surface area (Å²) in [5.41, 5.74) is 1.73. The maximum Gasteiger partial charge on any atom is 0.269 e. The van der Waals surface area contributed by atoms with E-state index in [0.717, 1.165) is 16.2 Å². The molecule has 0 fully saturated rings. The maximum absolute atomic E-state index is 12.8. The van der Waals surface area contributed by atoms with Gasteiger partial charge in [-0.05, 0) is 36.8 Å². The van der Waals surface area contributed by atoms with Crippen LogP contribution in [-0.4, -0.2) is 21.1 Å². The Morgan fingerprint density at radius 2 is 1.71 bits per heavy atom. The van der Waals surface area contributed by atoms with Gasteiger partial charge in [0, 0.05) is 23.2 Å². The van der Waals surface area contributed by atoms with E-state index in [-0.39, 0.29) is 22.9 Å². The lowest BCUT2D eigenvalue weighted by atomic mass is 10.0. The number of amides is 1. The van der Waals surface area contributed by atoms with Gasteiger partial charge in [0.15, 0.2) is 0 Å². The zero-order chi connectivity index (χ0) is 19.9. The van der Waals surface area contributed by atoms with Gasteiger partial charge >= 0.3 is 0 Å². The van der Waals surface area contributed by atoms with Crippen molar-refractivity contribution in [3.05, 3.63) is 100 Å². The molecule has 28 heavy (non-hydrogen) atoms. The molecule has 0 aliphatic rings. The number of aromatic nitrogens is 1. The molecule has 1 amide bonds. The molecule has 1 N–H and O–H groups in total. The predicted octanol–water partition coefficient (Wildman–Crippen LogP) is 4.38. The number of nitro groups is 1. The normalized spacial score (nSPS) is 12.8. The molecule has 0 aliphatic carbocycles. The summed E-state index contributed by atoms with van der Waals surface area (Å²) in [6, 6.07) is 21.1. The number of nitrogens with one attached hydrogen (secondary N) is 1. The van der Waals surface area contributed by atoms with Crippen molar-refractivity contribution in [2.24, 2.45) is 0 Å². The standard InChI is InChI=1S/C21H19N3O3S/c1-15(28-18-12-10-17(11-13-18)24(26)27)21(25)23-20(16-7-3-2-4-8-16)19-9-5-6-14-22-19/h2-15,20H,1H3,(H,23,25). The van der Waals surface area contributed by atoms with Crippen LogP contribution in [0.3, 0.4) is 0 Å². The molecule has 0 aliphatic heterocycles. The van der Waals surface area contributed by atoms with Crippen molar-refractivity contribution < 1.29 is 9.72 Å². The van der Waals surface area contributed by atoms with Gasteiger partial charge in [0.25, 0.3) is 5.69 Å². The van der Waals surface area contributed by atoms with E-state index in [4.69, 9.17) is 0 Å². The number of carbonyl (C=O) groups is 1. The summed E-state index contributed by atoms with van der Waals surface area (Å²) in [5.74, 6) is -0.136. The second-order valence-corrected chi connectivity index (χ2v) is 7.53. The zero-order valence-corrected chi connectivity index (χ0v) is 16.0. The van der Waals surface area contributed by atoms with E-state index in [1.54, 1.807) is 18.3 Å². The van der Waals surface area contributed by atoms with Crippen molar-refractivity contribution in [3.63, 3.8) is 0 Å². The smallest absolute Gasteiger partial charge is 0.269 e. The highest BCUT2D eigenvalue weighted by Gasteiger charge is 2.22. The summed E-state index contributed by atoms with van der Waals surface area (Å²) in [6.07, 6.45) is 1.70. The lowest BCUT2D eigenvalue weighted by Crippen LogP contribution is -2.35. The fourth-order valence-corrected chi connectivity index (χ4v) is 3.56. The number of carbonyl (C=O) groups excluding carboxylic acids is 1. The minimum Gasteiger partial charge on any atom is -0.343 e. The van der Waals surface area contributed by atoms with Gasteiger partial charge in [0.1, 0.15) is 0 Å². The Bertz CT molecular complexity index is 895. The van der Waals surface area contributed by atoms with Crippen molar-refractivity contribution in [2.45, 2.75) is 23.1 Å². The van der Waals surface area contributed by atoms with E-state index >= 15 is 0 Å². The fourth-order valence-electron chi connectivity index (χ4n) is 2.68. The van der Waals surface area contributed by atoms with E-state index in [0.29, 0.717) is 0 Å². The third kappa shape index (κ3) is 4.95. The average Bonchev–Trinajstić information content (AvgIpc) is 2.73. The zero-order valence-electron chi connectivity index (χ0n) is 15.2. The SMILES string of the molecule is CC(Sc1ccc([N+](=O)[O-])cc1)C(=O)NC(c1ccccc1)c1ccccn1. The summed E-state index contributed by atoms with van der Waals surface area (Å²) >= 11 is 1.35. The molecule has 0 saturated carbocycles. The first-order chi connectivity index (χ1) is 13.5. The van der Waals surface area contributed by atoms with E-state index in [1.165, 1.54) is 23.9 Å². The highest BCUT2D eigenvalue weighted by molar-refractivity contribution is 8.00. The number of nitrogens with zero attached hydrogens (tertiary/aromatic N) is 2. The molecular formula is C21H19N3O3S.